The van der Waals surface area contributed by atoms with Crippen LogP contribution in [0, 0.1) is 17.7 Å². The molecule has 0 radical (unpaired) electrons. The lowest BCUT2D eigenvalue weighted by atomic mass is 10.1. The first-order chi connectivity index (χ1) is 9.70. The van der Waals surface area contributed by atoms with Crippen LogP contribution in [0.15, 0.2) is 35.7 Å². The van der Waals surface area contributed by atoms with Crippen molar-refractivity contribution >= 4 is 17.2 Å². The Morgan fingerprint density at radius 2 is 2.25 bits per heavy atom. The summed E-state index contributed by atoms with van der Waals surface area (Å²) in [5.74, 6) is 4.64. The zero-order valence-electron chi connectivity index (χ0n) is 10.7. The molecule has 0 atom stereocenters. The van der Waals surface area contributed by atoms with Gasteiger partial charge in [0.15, 0.2) is 0 Å². The van der Waals surface area contributed by atoms with Crippen LogP contribution >= 0.6 is 11.3 Å². The Balaban J connectivity index is 2.16. The molecule has 0 aliphatic carbocycles. The second-order valence-corrected chi connectivity index (χ2v) is 4.99. The van der Waals surface area contributed by atoms with Crippen molar-refractivity contribution in [1.29, 1.82) is 0 Å². The van der Waals surface area contributed by atoms with Gasteiger partial charge in [0.2, 0.25) is 0 Å². The Kier molecular flexibility index (Phi) is 4.88. The average Bonchev–Trinajstić information content (AvgIpc) is 2.96. The maximum Gasteiger partial charge on any atom is 0.252 e. The Labute approximate surface area is 120 Å². The lowest BCUT2D eigenvalue weighted by Gasteiger charge is -2.06. The van der Waals surface area contributed by atoms with Crippen molar-refractivity contribution in [2.45, 2.75) is 6.54 Å². The molecule has 2 rings (SSSR count). The van der Waals surface area contributed by atoms with Crippen LogP contribution in [0.5, 0.6) is 0 Å². The van der Waals surface area contributed by atoms with Crippen LogP contribution in [-0.4, -0.2) is 12.5 Å². The molecule has 1 amide bonds. The summed E-state index contributed by atoms with van der Waals surface area (Å²) < 4.78 is 13.2. The van der Waals surface area contributed by atoms with Gasteiger partial charge in [-0.3, -0.25) is 4.79 Å². The van der Waals surface area contributed by atoms with Gasteiger partial charge in [-0.2, -0.15) is 0 Å². The molecule has 0 aliphatic heterocycles. The molecule has 0 saturated heterocycles. The zero-order valence-corrected chi connectivity index (χ0v) is 11.5. The van der Waals surface area contributed by atoms with Crippen LogP contribution in [0.4, 0.5) is 4.39 Å². The molecular formula is C15H13FN2OS. The molecule has 3 nitrogen and oxygen atoms in total. The SMILES string of the molecule is NCC#Cc1cc(F)ccc1C(=O)NCc1cccs1. The molecular weight excluding hydrogens is 275 g/mol. The van der Waals surface area contributed by atoms with Gasteiger partial charge in [-0.25, -0.2) is 4.39 Å². The molecule has 0 unspecified atom stereocenters. The maximum atomic E-state index is 13.2. The largest absolute Gasteiger partial charge is 0.347 e. The first kappa shape index (κ1) is 14.3. The zero-order chi connectivity index (χ0) is 14.4. The number of carbonyl (C=O) groups is 1. The maximum absolute atomic E-state index is 13.2. The number of hydrogen-bond acceptors (Lipinski definition) is 3. The molecule has 1 aromatic carbocycles. The Hall–Kier alpha value is -2.16. The van der Waals surface area contributed by atoms with E-state index in [1.165, 1.54) is 18.2 Å². The minimum absolute atomic E-state index is 0.159. The standard InChI is InChI=1S/C15H13FN2OS/c16-12-5-6-14(11(9-12)3-1-7-17)15(19)18-10-13-4-2-8-20-13/h2,4-6,8-9H,7,10,17H2,(H,18,19). The van der Waals surface area contributed by atoms with E-state index in [-0.39, 0.29) is 12.5 Å². The molecule has 0 bridgehead atoms. The fourth-order valence-corrected chi connectivity index (χ4v) is 2.28. The molecule has 0 saturated carbocycles. The summed E-state index contributed by atoms with van der Waals surface area (Å²) in [6, 6.07) is 7.77. The van der Waals surface area contributed by atoms with Crippen LogP contribution in [-0.2, 0) is 6.54 Å². The van der Waals surface area contributed by atoms with E-state index in [0.29, 0.717) is 17.7 Å². The summed E-state index contributed by atoms with van der Waals surface area (Å²) in [6.07, 6.45) is 0. The van der Waals surface area contributed by atoms with E-state index in [9.17, 15) is 9.18 Å². The summed E-state index contributed by atoms with van der Waals surface area (Å²) in [7, 11) is 0. The number of amides is 1. The van der Waals surface area contributed by atoms with Crippen LogP contribution < -0.4 is 11.1 Å². The van der Waals surface area contributed by atoms with Gasteiger partial charge < -0.3 is 11.1 Å². The normalized spacial score (nSPS) is 9.70. The average molecular weight is 288 g/mol. The minimum atomic E-state index is -0.430. The van der Waals surface area contributed by atoms with E-state index >= 15 is 0 Å². The molecule has 5 heteroatoms. The van der Waals surface area contributed by atoms with Crippen molar-refractivity contribution in [3.05, 3.63) is 57.5 Å². The monoisotopic (exact) mass is 288 g/mol. The van der Waals surface area contributed by atoms with Crippen molar-refractivity contribution in [3.63, 3.8) is 0 Å². The van der Waals surface area contributed by atoms with Crippen molar-refractivity contribution in [2.75, 3.05) is 6.54 Å². The van der Waals surface area contributed by atoms with E-state index in [1.807, 2.05) is 17.5 Å². The minimum Gasteiger partial charge on any atom is -0.347 e. The van der Waals surface area contributed by atoms with E-state index in [0.717, 1.165) is 4.88 Å². The van der Waals surface area contributed by atoms with Gasteiger partial charge in [-0.1, -0.05) is 17.9 Å². The second-order valence-electron chi connectivity index (χ2n) is 3.96. The summed E-state index contributed by atoms with van der Waals surface area (Å²) in [5.41, 5.74) is 5.99. The van der Waals surface area contributed by atoms with Gasteiger partial charge in [0.1, 0.15) is 5.82 Å². The number of carbonyl (C=O) groups excluding carboxylic acids is 1. The number of thiophene rings is 1. The van der Waals surface area contributed by atoms with E-state index in [1.54, 1.807) is 11.3 Å². The van der Waals surface area contributed by atoms with Crippen LogP contribution in [0.25, 0.3) is 0 Å². The summed E-state index contributed by atoms with van der Waals surface area (Å²) in [6.45, 7) is 0.602. The Morgan fingerprint density at radius 1 is 1.40 bits per heavy atom. The third kappa shape index (κ3) is 3.67. The molecule has 20 heavy (non-hydrogen) atoms. The summed E-state index contributed by atoms with van der Waals surface area (Å²) in [5, 5.41) is 4.73. The van der Waals surface area contributed by atoms with Crippen LogP contribution in [0.1, 0.15) is 20.8 Å². The predicted molar refractivity (Wildman–Crippen MR) is 77.8 cm³/mol. The number of benzene rings is 1. The fourth-order valence-electron chi connectivity index (χ4n) is 1.64. The van der Waals surface area contributed by atoms with Gasteiger partial charge in [0, 0.05) is 10.4 Å². The molecule has 0 spiro atoms. The second kappa shape index (κ2) is 6.85. The van der Waals surface area contributed by atoms with Crippen LogP contribution in [0.3, 0.4) is 0 Å². The highest BCUT2D eigenvalue weighted by atomic mass is 32.1. The number of nitrogens with one attached hydrogen (secondary N) is 1. The molecule has 102 valence electrons. The Morgan fingerprint density at radius 3 is 2.95 bits per heavy atom. The highest BCUT2D eigenvalue weighted by Gasteiger charge is 2.11. The smallest absolute Gasteiger partial charge is 0.252 e. The quantitative estimate of drug-likeness (QED) is 0.850. The van der Waals surface area contributed by atoms with Crippen molar-refractivity contribution in [1.82, 2.24) is 5.32 Å². The molecule has 0 aliphatic rings. The first-order valence-corrected chi connectivity index (χ1v) is 6.87. The fraction of sp³-hybridized carbons (Fsp3) is 0.133. The number of halogens is 1. The Bertz CT molecular complexity index is 656. The van der Waals surface area contributed by atoms with Crippen molar-refractivity contribution in [2.24, 2.45) is 5.73 Å². The predicted octanol–water partition coefficient (Wildman–Crippen LogP) is 2.13. The van der Waals surface area contributed by atoms with Crippen LogP contribution in [0.2, 0.25) is 0 Å². The first-order valence-electron chi connectivity index (χ1n) is 6.00. The molecule has 1 aromatic heterocycles. The van der Waals surface area contributed by atoms with Crippen molar-refractivity contribution in [3.8, 4) is 11.8 Å². The van der Waals surface area contributed by atoms with E-state index < -0.39 is 5.82 Å². The molecule has 0 fully saturated rings. The number of hydrogen-bond donors (Lipinski definition) is 2. The number of nitrogens with two attached hydrogens (primary N) is 1. The van der Waals surface area contributed by atoms with Gasteiger partial charge in [-0.05, 0) is 29.6 Å². The topological polar surface area (TPSA) is 55.1 Å². The number of rotatable bonds is 3. The highest BCUT2D eigenvalue weighted by molar-refractivity contribution is 7.09. The van der Waals surface area contributed by atoms with Gasteiger partial charge in [0.05, 0.1) is 18.7 Å². The summed E-state index contributed by atoms with van der Waals surface area (Å²) in [4.78, 5) is 13.2. The lowest BCUT2D eigenvalue weighted by Crippen LogP contribution is -2.23. The third-order valence-corrected chi connectivity index (χ3v) is 3.43. The molecule has 3 N–H and O–H groups in total. The lowest BCUT2D eigenvalue weighted by molar-refractivity contribution is 0.0951. The van der Waals surface area contributed by atoms with Gasteiger partial charge in [-0.15, -0.1) is 11.3 Å². The van der Waals surface area contributed by atoms with Crippen molar-refractivity contribution < 1.29 is 9.18 Å². The molecule has 2 aromatic rings. The summed E-state index contributed by atoms with van der Waals surface area (Å²) >= 11 is 1.56. The van der Waals surface area contributed by atoms with Gasteiger partial charge in [0.25, 0.3) is 5.91 Å². The van der Waals surface area contributed by atoms with E-state index in [4.69, 9.17) is 5.73 Å². The molecule has 1 heterocycles. The van der Waals surface area contributed by atoms with E-state index in [2.05, 4.69) is 17.2 Å². The third-order valence-electron chi connectivity index (χ3n) is 2.55. The highest BCUT2D eigenvalue weighted by Crippen LogP contribution is 2.12. The van der Waals surface area contributed by atoms with Gasteiger partial charge >= 0.3 is 0 Å².